The van der Waals surface area contributed by atoms with Gasteiger partial charge in [-0.05, 0) is 37.5 Å². The predicted octanol–water partition coefficient (Wildman–Crippen LogP) is 2.68. The molecule has 1 amide bonds. The van der Waals surface area contributed by atoms with Crippen LogP contribution in [-0.2, 0) is 9.53 Å². The van der Waals surface area contributed by atoms with Gasteiger partial charge in [-0.25, -0.2) is 0 Å². The Morgan fingerprint density at radius 3 is 2.52 bits per heavy atom. The van der Waals surface area contributed by atoms with Crippen LogP contribution in [0.25, 0.3) is 0 Å². The van der Waals surface area contributed by atoms with Gasteiger partial charge in [-0.15, -0.1) is 0 Å². The van der Waals surface area contributed by atoms with Crippen LogP contribution in [0.5, 0.6) is 0 Å². The Hall–Kier alpha value is -0.610. The molecule has 0 bridgehead atoms. The van der Waals surface area contributed by atoms with Crippen LogP contribution in [-0.4, -0.2) is 50.2 Å². The Morgan fingerprint density at radius 1 is 1.29 bits per heavy atom. The molecule has 1 saturated heterocycles. The van der Waals surface area contributed by atoms with Crippen molar-refractivity contribution in [3.8, 4) is 0 Å². The van der Waals surface area contributed by atoms with Gasteiger partial charge in [0.05, 0.1) is 0 Å². The third-order valence-electron chi connectivity index (χ3n) is 4.18. The highest BCUT2D eigenvalue weighted by Gasteiger charge is 2.21. The molecule has 0 aromatic carbocycles. The highest BCUT2D eigenvalue weighted by Crippen LogP contribution is 2.15. The standard InChI is InChI=1S/C17H34N2O2/c1-14(2)12-15(3)13-17(20)18-16-6-9-19(10-7-16)8-5-11-21-4/h14-16H,5-13H2,1-4H3,(H,18,20)/t15-/m0/s1. The highest BCUT2D eigenvalue weighted by molar-refractivity contribution is 5.76. The number of likely N-dealkylation sites (tertiary alicyclic amines) is 1. The minimum atomic E-state index is 0.237. The monoisotopic (exact) mass is 298 g/mol. The molecule has 1 rings (SSSR count). The number of amides is 1. The summed E-state index contributed by atoms with van der Waals surface area (Å²) in [5.74, 6) is 1.39. The number of rotatable bonds is 9. The van der Waals surface area contributed by atoms with Crippen molar-refractivity contribution < 1.29 is 9.53 Å². The third kappa shape index (κ3) is 8.42. The number of ether oxygens (including phenoxy) is 1. The second-order valence-electron chi connectivity index (χ2n) is 6.97. The number of hydrogen-bond acceptors (Lipinski definition) is 3. The number of carbonyl (C=O) groups excluding carboxylic acids is 1. The number of piperidine rings is 1. The number of nitrogens with zero attached hydrogens (tertiary/aromatic N) is 1. The van der Waals surface area contributed by atoms with Gasteiger partial charge in [0.1, 0.15) is 0 Å². The summed E-state index contributed by atoms with van der Waals surface area (Å²) in [5, 5.41) is 3.22. The quantitative estimate of drug-likeness (QED) is 0.665. The van der Waals surface area contributed by atoms with E-state index >= 15 is 0 Å². The van der Waals surface area contributed by atoms with E-state index in [2.05, 4.69) is 31.0 Å². The lowest BCUT2D eigenvalue weighted by atomic mass is 9.95. The van der Waals surface area contributed by atoms with E-state index in [1.165, 1.54) is 0 Å². The molecule has 0 aromatic heterocycles. The Balaban J connectivity index is 2.15. The maximum atomic E-state index is 12.1. The number of methoxy groups -OCH3 is 1. The molecule has 0 unspecified atom stereocenters. The van der Waals surface area contributed by atoms with Crippen LogP contribution in [0.4, 0.5) is 0 Å². The third-order valence-corrected chi connectivity index (χ3v) is 4.18. The lowest BCUT2D eigenvalue weighted by molar-refractivity contribution is -0.123. The SMILES string of the molecule is COCCCN1CCC(NC(=O)C[C@@H](C)CC(C)C)CC1. The van der Waals surface area contributed by atoms with Gasteiger partial charge in [0.25, 0.3) is 0 Å². The fraction of sp³-hybridized carbons (Fsp3) is 0.941. The normalized spacial score (nSPS) is 18.9. The molecule has 1 heterocycles. The van der Waals surface area contributed by atoms with Crippen molar-refractivity contribution in [3.63, 3.8) is 0 Å². The number of carbonyl (C=O) groups is 1. The maximum absolute atomic E-state index is 12.1. The van der Waals surface area contributed by atoms with Gasteiger partial charge in [-0.2, -0.15) is 0 Å². The van der Waals surface area contributed by atoms with Gasteiger partial charge < -0.3 is 15.0 Å². The smallest absolute Gasteiger partial charge is 0.220 e. The van der Waals surface area contributed by atoms with E-state index in [0.29, 0.717) is 24.3 Å². The fourth-order valence-corrected chi connectivity index (χ4v) is 3.22. The molecule has 1 fully saturated rings. The highest BCUT2D eigenvalue weighted by atomic mass is 16.5. The van der Waals surface area contributed by atoms with Crippen LogP contribution >= 0.6 is 0 Å². The first-order chi connectivity index (χ1) is 10.0. The zero-order valence-corrected chi connectivity index (χ0v) is 14.4. The van der Waals surface area contributed by atoms with Gasteiger partial charge in [0.15, 0.2) is 0 Å². The van der Waals surface area contributed by atoms with Crippen molar-refractivity contribution >= 4 is 5.91 Å². The summed E-state index contributed by atoms with van der Waals surface area (Å²) in [5.41, 5.74) is 0. The van der Waals surface area contributed by atoms with Gasteiger partial charge in [0.2, 0.25) is 5.91 Å². The molecule has 1 aliphatic heterocycles. The van der Waals surface area contributed by atoms with E-state index in [-0.39, 0.29) is 5.91 Å². The zero-order valence-electron chi connectivity index (χ0n) is 14.4. The van der Waals surface area contributed by atoms with Crippen LogP contribution < -0.4 is 5.32 Å². The fourth-order valence-electron chi connectivity index (χ4n) is 3.22. The lowest BCUT2D eigenvalue weighted by Gasteiger charge is -2.32. The molecule has 0 spiro atoms. The minimum absolute atomic E-state index is 0.237. The average Bonchev–Trinajstić information content (AvgIpc) is 2.39. The molecule has 0 aromatic rings. The molecular formula is C17H34N2O2. The van der Waals surface area contributed by atoms with E-state index in [1.807, 2.05) is 0 Å². The van der Waals surface area contributed by atoms with Crippen molar-refractivity contribution in [1.29, 1.82) is 0 Å². The van der Waals surface area contributed by atoms with Gasteiger partial charge in [-0.1, -0.05) is 20.8 Å². The van der Waals surface area contributed by atoms with Crippen molar-refractivity contribution in [1.82, 2.24) is 10.2 Å². The van der Waals surface area contributed by atoms with Crippen LogP contribution in [0.2, 0.25) is 0 Å². The topological polar surface area (TPSA) is 41.6 Å². The Morgan fingerprint density at radius 2 is 1.95 bits per heavy atom. The molecule has 0 saturated carbocycles. The molecule has 4 heteroatoms. The molecule has 1 aliphatic rings. The van der Waals surface area contributed by atoms with Crippen molar-refractivity contribution in [2.75, 3.05) is 33.4 Å². The summed E-state index contributed by atoms with van der Waals surface area (Å²) < 4.78 is 5.09. The summed E-state index contributed by atoms with van der Waals surface area (Å²) >= 11 is 0. The number of nitrogens with one attached hydrogen (secondary N) is 1. The van der Waals surface area contributed by atoms with E-state index in [4.69, 9.17) is 4.74 Å². The zero-order chi connectivity index (χ0) is 15.7. The summed E-state index contributed by atoms with van der Waals surface area (Å²) in [7, 11) is 1.75. The van der Waals surface area contributed by atoms with Gasteiger partial charge in [-0.3, -0.25) is 4.79 Å². The second kappa shape index (κ2) is 10.2. The Labute approximate surface area is 130 Å². The van der Waals surface area contributed by atoms with E-state index in [0.717, 1.165) is 51.9 Å². The molecule has 1 N–H and O–H groups in total. The van der Waals surface area contributed by atoms with Crippen molar-refractivity contribution in [2.24, 2.45) is 11.8 Å². The first kappa shape index (κ1) is 18.4. The van der Waals surface area contributed by atoms with E-state index in [1.54, 1.807) is 7.11 Å². The van der Waals surface area contributed by atoms with Crippen LogP contribution in [0.15, 0.2) is 0 Å². The Kier molecular flexibility index (Phi) is 8.93. The van der Waals surface area contributed by atoms with Gasteiger partial charge in [0, 0.05) is 45.8 Å². The lowest BCUT2D eigenvalue weighted by Crippen LogP contribution is -2.45. The maximum Gasteiger partial charge on any atom is 0.220 e. The molecule has 1 atom stereocenters. The second-order valence-corrected chi connectivity index (χ2v) is 6.97. The molecule has 0 aliphatic carbocycles. The predicted molar refractivity (Wildman–Crippen MR) is 87.3 cm³/mol. The molecule has 21 heavy (non-hydrogen) atoms. The first-order valence-electron chi connectivity index (χ1n) is 8.52. The van der Waals surface area contributed by atoms with Crippen LogP contribution in [0.1, 0.15) is 52.9 Å². The van der Waals surface area contributed by atoms with Crippen molar-refractivity contribution in [3.05, 3.63) is 0 Å². The minimum Gasteiger partial charge on any atom is -0.385 e. The summed E-state index contributed by atoms with van der Waals surface area (Å²) in [6.45, 7) is 10.7. The van der Waals surface area contributed by atoms with Crippen LogP contribution in [0.3, 0.4) is 0 Å². The molecule has 0 radical (unpaired) electrons. The van der Waals surface area contributed by atoms with Crippen LogP contribution in [0, 0.1) is 11.8 Å². The Bertz CT molecular complexity index is 287. The van der Waals surface area contributed by atoms with Crippen molar-refractivity contribution in [2.45, 2.75) is 58.9 Å². The first-order valence-corrected chi connectivity index (χ1v) is 8.52. The molecule has 124 valence electrons. The molecule has 4 nitrogen and oxygen atoms in total. The van der Waals surface area contributed by atoms with E-state index in [9.17, 15) is 4.79 Å². The van der Waals surface area contributed by atoms with Gasteiger partial charge >= 0.3 is 0 Å². The average molecular weight is 298 g/mol. The number of hydrogen-bond donors (Lipinski definition) is 1. The summed E-state index contributed by atoms with van der Waals surface area (Å²) in [6, 6.07) is 0.377. The largest absolute Gasteiger partial charge is 0.385 e. The van der Waals surface area contributed by atoms with E-state index < -0.39 is 0 Å². The molecular weight excluding hydrogens is 264 g/mol. The summed E-state index contributed by atoms with van der Waals surface area (Å²) in [4.78, 5) is 14.5. The summed E-state index contributed by atoms with van der Waals surface area (Å²) in [6.07, 6.45) is 5.06.